The molecule has 0 heterocycles. The number of benzene rings is 3. The third kappa shape index (κ3) is 5.23. The maximum absolute atomic E-state index is 12.3. The Bertz CT molecular complexity index is 828. The predicted molar refractivity (Wildman–Crippen MR) is 106 cm³/mol. The molecule has 2 nitrogen and oxygen atoms in total. The molecule has 3 rings (SSSR count). The maximum atomic E-state index is 12.3. The molecular weight excluding hydrogens is 326 g/mol. The van der Waals surface area contributed by atoms with Crippen molar-refractivity contribution in [2.75, 3.05) is 11.1 Å². The van der Waals surface area contributed by atoms with Crippen LogP contribution in [-0.2, 0) is 11.2 Å². The van der Waals surface area contributed by atoms with E-state index in [1.54, 1.807) is 11.8 Å². The summed E-state index contributed by atoms with van der Waals surface area (Å²) < 4.78 is 0. The third-order valence-corrected chi connectivity index (χ3v) is 4.93. The van der Waals surface area contributed by atoms with Crippen LogP contribution in [-0.4, -0.2) is 11.7 Å². The first-order chi connectivity index (χ1) is 12.2. The Balaban J connectivity index is 1.62. The predicted octanol–water partition coefficient (Wildman–Crippen LogP) is 5.32. The third-order valence-electron chi connectivity index (χ3n) is 3.92. The van der Waals surface area contributed by atoms with Gasteiger partial charge in [0.2, 0.25) is 5.91 Å². The van der Waals surface area contributed by atoms with Crippen LogP contribution in [0.5, 0.6) is 0 Å². The molecule has 0 aliphatic heterocycles. The summed E-state index contributed by atoms with van der Waals surface area (Å²) in [6, 6.07) is 26.5. The van der Waals surface area contributed by atoms with Gasteiger partial charge < -0.3 is 5.32 Å². The van der Waals surface area contributed by atoms with E-state index in [0.717, 1.165) is 22.6 Å². The van der Waals surface area contributed by atoms with E-state index in [1.807, 2.05) is 36.4 Å². The Morgan fingerprint density at radius 3 is 2.32 bits per heavy atom. The Kier molecular flexibility index (Phi) is 5.91. The first-order valence-electron chi connectivity index (χ1n) is 8.32. The second kappa shape index (κ2) is 8.54. The van der Waals surface area contributed by atoms with Crippen molar-refractivity contribution in [1.82, 2.24) is 0 Å². The van der Waals surface area contributed by atoms with Gasteiger partial charge >= 0.3 is 0 Å². The van der Waals surface area contributed by atoms with Gasteiger partial charge in [-0.1, -0.05) is 66.2 Å². The Hall–Kier alpha value is -2.52. The van der Waals surface area contributed by atoms with E-state index in [1.165, 1.54) is 11.1 Å². The molecule has 0 spiro atoms. The number of carbonyl (C=O) groups excluding carboxylic acids is 1. The molecule has 1 N–H and O–H groups in total. The van der Waals surface area contributed by atoms with Gasteiger partial charge in [-0.25, -0.2) is 0 Å². The fraction of sp³-hybridized carbons (Fsp3) is 0.136. The minimum Gasteiger partial charge on any atom is -0.325 e. The second-order valence-corrected chi connectivity index (χ2v) is 7.02. The smallest absolute Gasteiger partial charge is 0.234 e. The molecule has 126 valence electrons. The van der Waals surface area contributed by atoms with E-state index >= 15 is 0 Å². The number of nitrogens with one attached hydrogen (secondary N) is 1. The minimum absolute atomic E-state index is 0.0195. The molecule has 0 saturated carbocycles. The highest BCUT2D eigenvalue weighted by Crippen LogP contribution is 2.21. The number of anilines is 1. The van der Waals surface area contributed by atoms with Crippen LogP contribution in [0.2, 0.25) is 0 Å². The van der Waals surface area contributed by atoms with Crippen molar-refractivity contribution in [3.63, 3.8) is 0 Å². The van der Waals surface area contributed by atoms with Crippen LogP contribution in [0.3, 0.4) is 0 Å². The second-order valence-electron chi connectivity index (χ2n) is 5.97. The van der Waals surface area contributed by atoms with Crippen LogP contribution in [0.15, 0.2) is 83.8 Å². The highest BCUT2D eigenvalue weighted by Gasteiger charge is 2.08. The monoisotopic (exact) mass is 347 g/mol. The van der Waals surface area contributed by atoms with E-state index in [9.17, 15) is 4.79 Å². The normalized spacial score (nSPS) is 10.4. The number of thioether (sulfide) groups is 1. The summed E-state index contributed by atoms with van der Waals surface area (Å²) in [7, 11) is 0. The molecule has 0 aliphatic carbocycles. The van der Waals surface area contributed by atoms with Crippen molar-refractivity contribution in [2.45, 2.75) is 18.2 Å². The summed E-state index contributed by atoms with van der Waals surface area (Å²) in [6.07, 6.45) is 0.808. The van der Waals surface area contributed by atoms with Crippen molar-refractivity contribution >= 4 is 23.4 Å². The van der Waals surface area contributed by atoms with E-state index in [0.29, 0.717) is 5.75 Å². The number of hydrogen-bond donors (Lipinski definition) is 1. The summed E-state index contributed by atoms with van der Waals surface area (Å²) in [5.41, 5.74) is 4.48. The summed E-state index contributed by atoms with van der Waals surface area (Å²) >= 11 is 1.55. The molecule has 3 aromatic rings. The van der Waals surface area contributed by atoms with Crippen molar-refractivity contribution in [2.24, 2.45) is 0 Å². The van der Waals surface area contributed by atoms with Gasteiger partial charge in [-0.3, -0.25) is 4.79 Å². The lowest BCUT2D eigenvalue weighted by Gasteiger charge is -2.11. The number of hydrogen-bond acceptors (Lipinski definition) is 2. The van der Waals surface area contributed by atoms with Gasteiger partial charge in [0.1, 0.15) is 0 Å². The largest absolute Gasteiger partial charge is 0.325 e. The zero-order valence-corrected chi connectivity index (χ0v) is 15.1. The molecule has 0 aromatic heterocycles. The average molecular weight is 347 g/mol. The molecule has 0 radical (unpaired) electrons. The zero-order chi connectivity index (χ0) is 17.5. The lowest BCUT2D eigenvalue weighted by Crippen LogP contribution is -2.15. The topological polar surface area (TPSA) is 29.1 Å². The molecule has 0 saturated heterocycles. The van der Waals surface area contributed by atoms with Crippen LogP contribution >= 0.6 is 11.8 Å². The summed E-state index contributed by atoms with van der Waals surface area (Å²) in [4.78, 5) is 13.4. The van der Waals surface area contributed by atoms with Crippen molar-refractivity contribution in [1.29, 1.82) is 0 Å². The molecule has 0 atom stereocenters. The number of para-hydroxylation sites is 1. The Morgan fingerprint density at radius 2 is 1.56 bits per heavy atom. The van der Waals surface area contributed by atoms with Crippen LogP contribution in [0.25, 0.3) is 0 Å². The molecular formula is C22H21NOS. The van der Waals surface area contributed by atoms with E-state index in [4.69, 9.17) is 0 Å². The van der Waals surface area contributed by atoms with Crippen LogP contribution in [0.4, 0.5) is 5.69 Å². The highest BCUT2D eigenvalue weighted by atomic mass is 32.2. The van der Waals surface area contributed by atoms with Crippen LogP contribution in [0.1, 0.15) is 16.7 Å². The van der Waals surface area contributed by atoms with Crippen LogP contribution in [0, 0.1) is 6.92 Å². The lowest BCUT2D eigenvalue weighted by atomic mass is 10.0. The Morgan fingerprint density at radius 1 is 0.880 bits per heavy atom. The number of carbonyl (C=O) groups is 1. The SMILES string of the molecule is Cc1ccc(SCC(=O)Nc2ccccc2Cc2ccccc2)cc1. The van der Waals surface area contributed by atoms with Gasteiger partial charge in [-0.2, -0.15) is 0 Å². The van der Waals surface area contributed by atoms with Gasteiger partial charge in [0, 0.05) is 10.6 Å². The van der Waals surface area contributed by atoms with Gasteiger partial charge in [0.05, 0.1) is 5.75 Å². The summed E-state index contributed by atoms with van der Waals surface area (Å²) in [6.45, 7) is 2.06. The number of rotatable bonds is 6. The van der Waals surface area contributed by atoms with Crippen molar-refractivity contribution in [3.05, 3.63) is 95.6 Å². The molecule has 0 bridgehead atoms. The van der Waals surface area contributed by atoms with Crippen molar-refractivity contribution in [3.8, 4) is 0 Å². The Labute approximate surface area is 153 Å². The zero-order valence-electron chi connectivity index (χ0n) is 14.2. The standard InChI is InChI=1S/C22H21NOS/c1-17-11-13-20(14-12-17)25-16-22(24)23-21-10-6-5-9-19(21)15-18-7-3-2-4-8-18/h2-14H,15-16H2,1H3,(H,23,24). The lowest BCUT2D eigenvalue weighted by molar-refractivity contribution is -0.113. The first kappa shape index (κ1) is 17.3. The molecule has 3 heteroatoms. The number of amides is 1. The molecule has 3 aromatic carbocycles. The molecule has 0 unspecified atom stereocenters. The minimum atomic E-state index is 0.0195. The highest BCUT2D eigenvalue weighted by molar-refractivity contribution is 8.00. The van der Waals surface area contributed by atoms with Gasteiger partial charge in [0.15, 0.2) is 0 Å². The molecule has 1 amide bonds. The van der Waals surface area contributed by atoms with Gasteiger partial charge in [-0.15, -0.1) is 11.8 Å². The van der Waals surface area contributed by atoms with E-state index in [2.05, 4.69) is 54.7 Å². The van der Waals surface area contributed by atoms with Gasteiger partial charge in [-0.05, 0) is 42.7 Å². The summed E-state index contributed by atoms with van der Waals surface area (Å²) in [5, 5.41) is 3.05. The molecule has 0 fully saturated rings. The fourth-order valence-corrected chi connectivity index (χ4v) is 3.28. The average Bonchev–Trinajstić information content (AvgIpc) is 2.64. The fourth-order valence-electron chi connectivity index (χ4n) is 2.58. The first-order valence-corrected chi connectivity index (χ1v) is 9.30. The van der Waals surface area contributed by atoms with Crippen molar-refractivity contribution < 1.29 is 4.79 Å². The number of aryl methyl sites for hydroxylation is 1. The maximum Gasteiger partial charge on any atom is 0.234 e. The van der Waals surface area contributed by atoms with E-state index in [-0.39, 0.29) is 5.91 Å². The summed E-state index contributed by atoms with van der Waals surface area (Å²) in [5.74, 6) is 0.425. The quantitative estimate of drug-likeness (QED) is 0.612. The van der Waals surface area contributed by atoms with Crippen LogP contribution < -0.4 is 5.32 Å². The molecule has 0 aliphatic rings. The molecule has 25 heavy (non-hydrogen) atoms. The van der Waals surface area contributed by atoms with Gasteiger partial charge in [0.25, 0.3) is 0 Å². The van der Waals surface area contributed by atoms with E-state index < -0.39 is 0 Å².